The van der Waals surface area contributed by atoms with Crippen LogP contribution >= 0.6 is 0 Å². The standard InChI is InChI=1S/C13H18F3NO2/c1-9-7-12(11(18)19-2)5-3-10(17(12)8-9)4-6-13(14,15)16/h10H,1,3-8H2,2H3/t10-,12?/m0/s1. The van der Waals surface area contributed by atoms with Gasteiger partial charge in [0.15, 0.2) is 0 Å². The average Bonchev–Trinajstić information content (AvgIpc) is 2.80. The zero-order valence-electron chi connectivity index (χ0n) is 10.9. The molecule has 1 unspecified atom stereocenters. The van der Waals surface area contributed by atoms with Crippen LogP contribution in [0.15, 0.2) is 12.2 Å². The Kier molecular flexibility index (Phi) is 3.64. The van der Waals surface area contributed by atoms with Crippen LogP contribution in [0.1, 0.15) is 32.1 Å². The minimum atomic E-state index is -4.15. The molecule has 2 fully saturated rings. The lowest BCUT2D eigenvalue weighted by molar-refractivity contribution is -0.153. The third kappa shape index (κ3) is 2.63. The van der Waals surface area contributed by atoms with Gasteiger partial charge in [-0.1, -0.05) is 12.2 Å². The van der Waals surface area contributed by atoms with Gasteiger partial charge in [-0.15, -0.1) is 0 Å². The number of hydrogen-bond donors (Lipinski definition) is 0. The zero-order chi connectivity index (χ0) is 14.3. The first-order chi connectivity index (χ1) is 8.78. The van der Waals surface area contributed by atoms with Crippen molar-refractivity contribution in [2.24, 2.45) is 0 Å². The molecular formula is C13H18F3NO2. The number of ether oxygens (including phenoxy) is 1. The first kappa shape index (κ1) is 14.4. The molecule has 2 aliphatic heterocycles. The van der Waals surface area contributed by atoms with E-state index in [1.165, 1.54) is 7.11 Å². The van der Waals surface area contributed by atoms with Gasteiger partial charge in [0.05, 0.1) is 7.11 Å². The number of halogens is 3. The number of nitrogens with zero attached hydrogens (tertiary/aromatic N) is 1. The third-order valence-electron chi connectivity index (χ3n) is 4.14. The number of carbonyl (C=O) groups is 1. The summed E-state index contributed by atoms with van der Waals surface area (Å²) >= 11 is 0. The molecule has 0 bridgehead atoms. The summed E-state index contributed by atoms with van der Waals surface area (Å²) in [5.41, 5.74) is 0.129. The first-order valence-corrected chi connectivity index (χ1v) is 6.37. The highest BCUT2D eigenvalue weighted by Gasteiger charge is 2.56. The number of hydrogen-bond acceptors (Lipinski definition) is 3. The van der Waals surface area contributed by atoms with Crippen LogP contribution in [0.3, 0.4) is 0 Å². The number of alkyl halides is 3. The summed E-state index contributed by atoms with van der Waals surface area (Å²) in [7, 11) is 1.32. The van der Waals surface area contributed by atoms with E-state index in [9.17, 15) is 18.0 Å². The summed E-state index contributed by atoms with van der Waals surface area (Å²) in [6.07, 6.45) is -3.25. The second-order valence-corrected chi connectivity index (χ2v) is 5.42. The molecule has 0 aliphatic carbocycles. The SMILES string of the molecule is C=C1CN2[C@H](CCC(F)(F)F)CCC2(C(=O)OC)C1. The van der Waals surface area contributed by atoms with Crippen LogP contribution in [0.25, 0.3) is 0 Å². The van der Waals surface area contributed by atoms with Crippen molar-refractivity contribution in [3.63, 3.8) is 0 Å². The van der Waals surface area contributed by atoms with E-state index in [4.69, 9.17) is 4.74 Å². The van der Waals surface area contributed by atoms with Gasteiger partial charge in [0.1, 0.15) is 5.54 Å². The van der Waals surface area contributed by atoms with E-state index in [-0.39, 0.29) is 18.4 Å². The maximum atomic E-state index is 12.3. The number of esters is 1. The minimum absolute atomic E-state index is 0.0372. The van der Waals surface area contributed by atoms with Crippen molar-refractivity contribution in [1.82, 2.24) is 4.90 Å². The lowest BCUT2D eigenvalue weighted by Crippen LogP contribution is -2.49. The molecule has 0 N–H and O–H groups in total. The predicted octanol–water partition coefficient (Wildman–Crippen LogP) is 2.67. The van der Waals surface area contributed by atoms with Crippen LogP contribution in [0.2, 0.25) is 0 Å². The molecule has 2 rings (SSSR count). The second-order valence-electron chi connectivity index (χ2n) is 5.42. The topological polar surface area (TPSA) is 29.5 Å². The first-order valence-electron chi connectivity index (χ1n) is 6.37. The molecule has 6 heteroatoms. The average molecular weight is 277 g/mol. The highest BCUT2D eigenvalue weighted by Crippen LogP contribution is 2.46. The molecule has 2 saturated heterocycles. The highest BCUT2D eigenvalue weighted by molar-refractivity contribution is 5.82. The Hall–Kier alpha value is -1.04. The van der Waals surface area contributed by atoms with Crippen LogP contribution in [-0.4, -0.2) is 42.3 Å². The molecule has 0 aromatic carbocycles. The van der Waals surface area contributed by atoms with Gasteiger partial charge in [0, 0.05) is 19.0 Å². The van der Waals surface area contributed by atoms with E-state index in [0.29, 0.717) is 25.8 Å². The summed E-state index contributed by atoms with van der Waals surface area (Å²) in [5, 5.41) is 0. The maximum Gasteiger partial charge on any atom is 0.389 e. The van der Waals surface area contributed by atoms with Crippen LogP contribution < -0.4 is 0 Å². The Morgan fingerprint density at radius 2 is 2.26 bits per heavy atom. The summed E-state index contributed by atoms with van der Waals surface area (Å²) in [6.45, 7) is 4.37. The largest absolute Gasteiger partial charge is 0.468 e. The van der Waals surface area contributed by atoms with Crippen molar-refractivity contribution in [1.29, 1.82) is 0 Å². The highest BCUT2D eigenvalue weighted by atomic mass is 19.4. The molecule has 19 heavy (non-hydrogen) atoms. The van der Waals surface area contributed by atoms with Crippen molar-refractivity contribution < 1.29 is 22.7 Å². The number of fused-ring (bicyclic) bond motifs is 1. The molecule has 3 nitrogen and oxygen atoms in total. The van der Waals surface area contributed by atoms with Gasteiger partial charge in [0.2, 0.25) is 0 Å². The summed E-state index contributed by atoms with van der Waals surface area (Å²) in [4.78, 5) is 13.9. The molecular weight excluding hydrogens is 259 g/mol. The Morgan fingerprint density at radius 1 is 1.58 bits per heavy atom. The lowest BCUT2D eigenvalue weighted by atomic mass is 9.93. The molecule has 0 amide bonds. The maximum absolute atomic E-state index is 12.3. The fourth-order valence-corrected chi connectivity index (χ4v) is 3.35. The second kappa shape index (κ2) is 4.81. The summed E-state index contributed by atoms with van der Waals surface area (Å²) < 4.78 is 41.8. The fourth-order valence-electron chi connectivity index (χ4n) is 3.35. The van der Waals surface area contributed by atoms with Crippen LogP contribution in [0, 0.1) is 0 Å². The van der Waals surface area contributed by atoms with Gasteiger partial charge < -0.3 is 4.74 Å². The van der Waals surface area contributed by atoms with Gasteiger partial charge in [-0.25, -0.2) is 0 Å². The van der Waals surface area contributed by atoms with Crippen LogP contribution in [0.4, 0.5) is 13.2 Å². The number of methoxy groups -OCH3 is 1. The minimum Gasteiger partial charge on any atom is -0.468 e. The van der Waals surface area contributed by atoms with E-state index in [0.717, 1.165) is 5.57 Å². The van der Waals surface area contributed by atoms with Crippen LogP contribution in [0.5, 0.6) is 0 Å². The molecule has 0 aromatic heterocycles. The Labute approximate surface area is 110 Å². The van der Waals surface area contributed by atoms with Crippen molar-refractivity contribution in [3.05, 3.63) is 12.2 Å². The van der Waals surface area contributed by atoms with Gasteiger partial charge in [-0.2, -0.15) is 13.2 Å². The van der Waals surface area contributed by atoms with Gasteiger partial charge in [-0.3, -0.25) is 9.69 Å². The van der Waals surface area contributed by atoms with E-state index in [2.05, 4.69) is 6.58 Å². The Morgan fingerprint density at radius 3 is 2.84 bits per heavy atom. The van der Waals surface area contributed by atoms with E-state index in [1.807, 2.05) is 4.90 Å². The quantitative estimate of drug-likeness (QED) is 0.587. The monoisotopic (exact) mass is 277 g/mol. The molecule has 108 valence electrons. The summed E-state index contributed by atoms with van der Waals surface area (Å²) in [5.74, 6) is -0.347. The van der Waals surface area contributed by atoms with Gasteiger partial charge in [-0.05, 0) is 25.7 Å². The van der Waals surface area contributed by atoms with Crippen molar-refractivity contribution in [3.8, 4) is 0 Å². The number of rotatable bonds is 3. The Balaban J connectivity index is 2.11. The van der Waals surface area contributed by atoms with Gasteiger partial charge in [0.25, 0.3) is 0 Å². The van der Waals surface area contributed by atoms with Crippen molar-refractivity contribution >= 4 is 5.97 Å². The zero-order valence-corrected chi connectivity index (χ0v) is 10.9. The summed E-state index contributed by atoms with van der Waals surface area (Å²) in [6, 6.07) is -0.208. The predicted molar refractivity (Wildman–Crippen MR) is 63.5 cm³/mol. The van der Waals surface area contributed by atoms with Crippen molar-refractivity contribution in [2.75, 3.05) is 13.7 Å². The van der Waals surface area contributed by atoms with E-state index in [1.54, 1.807) is 0 Å². The Bertz CT molecular complexity index is 394. The fraction of sp³-hybridized carbons (Fsp3) is 0.769. The molecule has 2 atom stereocenters. The van der Waals surface area contributed by atoms with Crippen LogP contribution in [-0.2, 0) is 9.53 Å². The molecule has 0 aromatic rings. The molecule has 0 saturated carbocycles. The molecule has 0 radical (unpaired) electrons. The van der Waals surface area contributed by atoms with Crippen molar-refractivity contribution in [2.45, 2.75) is 49.9 Å². The third-order valence-corrected chi connectivity index (χ3v) is 4.14. The van der Waals surface area contributed by atoms with E-state index >= 15 is 0 Å². The molecule has 0 spiro atoms. The molecule has 2 aliphatic rings. The number of carbonyl (C=O) groups excluding carboxylic acids is 1. The smallest absolute Gasteiger partial charge is 0.389 e. The normalized spacial score (nSPS) is 31.6. The van der Waals surface area contributed by atoms with E-state index < -0.39 is 18.1 Å². The van der Waals surface area contributed by atoms with Gasteiger partial charge >= 0.3 is 12.1 Å². The lowest BCUT2D eigenvalue weighted by Gasteiger charge is -2.32. The molecule has 2 heterocycles.